The highest BCUT2D eigenvalue weighted by Crippen LogP contribution is 2.16. The third-order valence-corrected chi connectivity index (χ3v) is 4.36. The smallest absolute Gasteiger partial charge is 0.269 e. The number of carbonyl (C=O) groups is 3. The number of amides is 3. The van der Waals surface area contributed by atoms with Crippen LogP contribution in [0.4, 0.5) is 5.13 Å². The van der Waals surface area contributed by atoms with Crippen molar-refractivity contribution in [3.05, 3.63) is 40.4 Å². The standard InChI is InChI=1S/C17H21N5O3S/c1-3-6-15-20-22-17(26-15)18-13(23)9-10-14(24)19-21-16(25)12-8-5-4-7-11(12)2/h4-5,7-8H,3,6,9-10H2,1-2H3,(H,19,24)(H,21,25)(H,18,22,23). The number of hydrogen-bond donors (Lipinski definition) is 3. The highest BCUT2D eigenvalue weighted by Gasteiger charge is 2.12. The molecule has 1 aromatic carbocycles. The highest BCUT2D eigenvalue weighted by molar-refractivity contribution is 7.15. The lowest BCUT2D eigenvalue weighted by Crippen LogP contribution is -2.42. The lowest BCUT2D eigenvalue weighted by molar-refractivity contribution is -0.124. The first-order valence-electron chi connectivity index (χ1n) is 8.26. The Hall–Kier alpha value is -2.81. The normalized spacial score (nSPS) is 10.2. The molecule has 0 spiro atoms. The molecular weight excluding hydrogens is 354 g/mol. The fourth-order valence-electron chi connectivity index (χ4n) is 2.11. The predicted molar refractivity (Wildman–Crippen MR) is 98.6 cm³/mol. The minimum absolute atomic E-state index is 0.0191. The Kier molecular flexibility index (Phi) is 7.22. The number of aromatic nitrogens is 2. The Balaban J connectivity index is 1.71. The zero-order valence-electron chi connectivity index (χ0n) is 14.7. The monoisotopic (exact) mass is 375 g/mol. The van der Waals surface area contributed by atoms with Crippen LogP contribution in [0.2, 0.25) is 0 Å². The molecule has 0 aliphatic heterocycles. The Bertz CT molecular complexity index is 790. The van der Waals surface area contributed by atoms with Gasteiger partial charge in [0.05, 0.1) is 0 Å². The Labute approximate surface area is 155 Å². The number of carbonyl (C=O) groups excluding carboxylic acids is 3. The molecule has 1 aromatic heterocycles. The summed E-state index contributed by atoms with van der Waals surface area (Å²) in [5.41, 5.74) is 5.92. The molecule has 0 fully saturated rings. The summed E-state index contributed by atoms with van der Waals surface area (Å²) in [6.45, 7) is 3.84. The molecule has 3 amide bonds. The van der Waals surface area contributed by atoms with Gasteiger partial charge in [-0.3, -0.25) is 25.2 Å². The third-order valence-electron chi connectivity index (χ3n) is 3.46. The van der Waals surface area contributed by atoms with Crippen molar-refractivity contribution in [1.82, 2.24) is 21.0 Å². The number of hydrazine groups is 1. The van der Waals surface area contributed by atoms with Crippen molar-refractivity contribution in [3.8, 4) is 0 Å². The van der Waals surface area contributed by atoms with E-state index < -0.39 is 11.8 Å². The minimum Gasteiger partial charge on any atom is -0.301 e. The topological polar surface area (TPSA) is 113 Å². The van der Waals surface area contributed by atoms with Gasteiger partial charge in [0.2, 0.25) is 16.9 Å². The third kappa shape index (κ3) is 5.92. The molecule has 0 aliphatic rings. The summed E-state index contributed by atoms with van der Waals surface area (Å²) < 4.78 is 0. The van der Waals surface area contributed by atoms with Crippen LogP contribution >= 0.6 is 11.3 Å². The van der Waals surface area contributed by atoms with E-state index >= 15 is 0 Å². The van der Waals surface area contributed by atoms with E-state index in [1.807, 2.05) is 13.0 Å². The van der Waals surface area contributed by atoms with Crippen LogP contribution in [0.3, 0.4) is 0 Å². The molecule has 8 nitrogen and oxygen atoms in total. The summed E-state index contributed by atoms with van der Waals surface area (Å²) in [6, 6.07) is 7.04. The lowest BCUT2D eigenvalue weighted by Gasteiger charge is -2.08. The van der Waals surface area contributed by atoms with Gasteiger partial charge in [0.15, 0.2) is 0 Å². The van der Waals surface area contributed by atoms with Gasteiger partial charge in [-0.25, -0.2) is 0 Å². The molecule has 1 heterocycles. The molecule has 0 unspecified atom stereocenters. The molecule has 0 saturated heterocycles. The zero-order chi connectivity index (χ0) is 18.9. The first-order valence-corrected chi connectivity index (χ1v) is 9.08. The van der Waals surface area contributed by atoms with Crippen LogP contribution < -0.4 is 16.2 Å². The number of benzene rings is 1. The summed E-state index contributed by atoms with van der Waals surface area (Å²) in [6.07, 6.45) is 1.70. The molecule has 0 saturated carbocycles. The zero-order valence-corrected chi connectivity index (χ0v) is 15.5. The molecular formula is C17H21N5O3S. The van der Waals surface area contributed by atoms with Crippen molar-refractivity contribution in [1.29, 1.82) is 0 Å². The highest BCUT2D eigenvalue weighted by atomic mass is 32.1. The van der Waals surface area contributed by atoms with Gasteiger partial charge in [-0.1, -0.05) is 36.5 Å². The summed E-state index contributed by atoms with van der Waals surface area (Å²) in [5.74, 6) is -1.19. The quantitative estimate of drug-likeness (QED) is 0.641. The maximum absolute atomic E-state index is 12.0. The lowest BCUT2D eigenvalue weighted by atomic mass is 10.1. The molecule has 26 heavy (non-hydrogen) atoms. The van der Waals surface area contributed by atoms with Crippen molar-refractivity contribution in [3.63, 3.8) is 0 Å². The number of nitrogens with one attached hydrogen (secondary N) is 3. The van der Waals surface area contributed by atoms with E-state index in [9.17, 15) is 14.4 Å². The molecule has 2 rings (SSSR count). The van der Waals surface area contributed by atoms with E-state index in [2.05, 4.69) is 26.4 Å². The van der Waals surface area contributed by atoms with Gasteiger partial charge in [-0.05, 0) is 25.0 Å². The number of nitrogens with zero attached hydrogens (tertiary/aromatic N) is 2. The van der Waals surface area contributed by atoms with Gasteiger partial charge < -0.3 is 5.32 Å². The van der Waals surface area contributed by atoms with Crippen LogP contribution in [0.1, 0.15) is 47.1 Å². The maximum atomic E-state index is 12.0. The van der Waals surface area contributed by atoms with E-state index in [4.69, 9.17) is 0 Å². The number of aryl methyl sites for hydroxylation is 2. The van der Waals surface area contributed by atoms with Gasteiger partial charge in [-0.2, -0.15) is 0 Å². The second-order valence-corrected chi connectivity index (χ2v) is 6.68. The molecule has 0 aliphatic carbocycles. The van der Waals surface area contributed by atoms with Gasteiger partial charge in [0.25, 0.3) is 5.91 Å². The van der Waals surface area contributed by atoms with Crippen molar-refractivity contribution in [2.24, 2.45) is 0 Å². The molecule has 0 radical (unpaired) electrons. The van der Waals surface area contributed by atoms with Crippen molar-refractivity contribution in [2.75, 3.05) is 5.32 Å². The average Bonchev–Trinajstić information content (AvgIpc) is 3.05. The van der Waals surface area contributed by atoms with Gasteiger partial charge >= 0.3 is 0 Å². The Morgan fingerprint density at radius 1 is 1.04 bits per heavy atom. The minimum atomic E-state index is -0.453. The van der Waals surface area contributed by atoms with Crippen LogP contribution in [0, 0.1) is 6.92 Å². The van der Waals surface area contributed by atoms with Crippen LogP contribution in [-0.2, 0) is 16.0 Å². The first kappa shape index (κ1) is 19.5. The molecule has 0 atom stereocenters. The first-order chi connectivity index (χ1) is 12.5. The van der Waals surface area contributed by atoms with Crippen molar-refractivity contribution >= 4 is 34.2 Å². The Morgan fingerprint density at radius 2 is 1.77 bits per heavy atom. The van der Waals surface area contributed by atoms with Crippen molar-refractivity contribution in [2.45, 2.75) is 39.5 Å². The summed E-state index contributed by atoms with van der Waals surface area (Å²) >= 11 is 1.32. The average molecular weight is 375 g/mol. The molecule has 3 N–H and O–H groups in total. The van der Waals surface area contributed by atoms with Gasteiger partial charge in [-0.15, -0.1) is 10.2 Å². The van der Waals surface area contributed by atoms with Crippen molar-refractivity contribution < 1.29 is 14.4 Å². The number of anilines is 1. The predicted octanol–water partition coefficient (Wildman–Crippen LogP) is 1.98. The Morgan fingerprint density at radius 3 is 2.50 bits per heavy atom. The van der Waals surface area contributed by atoms with Gasteiger partial charge in [0, 0.05) is 24.8 Å². The summed E-state index contributed by atoms with van der Waals surface area (Å²) in [5, 5.41) is 11.7. The second kappa shape index (κ2) is 9.62. The molecule has 9 heteroatoms. The van der Waals surface area contributed by atoms with Crippen LogP contribution in [0.15, 0.2) is 24.3 Å². The van der Waals surface area contributed by atoms with E-state index in [-0.39, 0.29) is 18.7 Å². The van der Waals surface area contributed by atoms with E-state index in [0.29, 0.717) is 10.7 Å². The second-order valence-electron chi connectivity index (χ2n) is 5.62. The number of rotatable bonds is 7. The van der Waals surface area contributed by atoms with Crippen LogP contribution in [0.25, 0.3) is 0 Å². The van der Waals surface area contributed by atoms with E-state index in [0.717, 1.165) is 23.4 Å². The maximum Gasteiger partial charge on any atom is 0.269 e. The van der Waals surface area contributed by atoms with Crippen LogP contribution in [-0.4, -0.2) is 27.9 Å². The largest absolute Gasteiger partial charge is 0.301 e. The molecule has 138 valence electrons. The molecule has 2 aromatic rings. The summed E-state index contributed by atoms with van der Waals surface area (Å²) in [4.78, 5) is 35.6. The van der Waals surface area contributed by atoms with Crippen LogP contribution in [0.5, 0.6) is 0 Å². The summed E-state index contributed by atoms with van der Waals surface area (Å²) in [7, 11) is 0. The SMILES string of the molecule is CCCc1nnc(NC(=O)CCC(=O)NNC(=O)c2ccccc2C)s1. The van der Waals surface area contributed by atoms with E-state index in [1.165, 1.54) is 11.3 Å². The van der Waals surface area contributed by atoms with E-state index in [1.54, 1.807) is 25.1 Å². The number of hydrogen-bond acceptors (Lipinski definition) is 6. The molecule has 0 bridgehead atoms. The fraction of sp³-hybridized carbons (Fsp3) is 0.353. The van der Waals surface area contributed by atoms with Gasteiger partial charge in [0.1, 0.15) is 5.01 Å². The fourth-order valence-corrected chi connectivity index (χ4v) is 2.97.